The molecule has 1 unspecified atom stereocenters. The first-order valence-corrected chi connectivity index (χ1v) is 5.94. The maximum atomic E-state index is 11.4. The molecular formula is C12H24ClNO4. The number of carbonyl (C=O) groups excluding carboxylic acids is 2. The van der Waals surface area contributed by atoms with Crippen LogP contribution in [0.4, 0.5) is 0 Å². The van der Waals surface area contributed by atoms with Crippen LogP contribution in [-0.2, 0) is 14.3 Å². The largest absolute Gasteiger partial charge is 0.550 e. The second-order valence-electron chi connectivity index (χ2n) is 5.26. The van der Waals surface area contributed by atoms with E-state index in [1.54, 1.807) is 0 Å². The molecule has 1 atom stereocenters. The second-order valence-corrected chi connectivity index (χ2v) is 5.26. The number of hydrogen-bond donors (Lipinski definition) is 0. The molecule has 0 amide bonds. The molecule has 0 heterocycles. The number of ether oxygens (including phenoxy) is 1. The van der Waals surface area contributed by atoms with Crippen molar-refractivity contribution in [3.63, 3.8) is 0 Å². The summed E-state index contributed by atoms with van der Waals surface area (Å²) in [4.78, 5) is 22.0. The minimum atomic E-state index is -1.19. The fraction of sp³-hybridized carbons (Fsp3) is 0.833. The average molecular weight is 282 g/mol. The molecule has 0 N–H and O–H groups in total. The Morgan fingerprint density at radius 2 is 1.83 bits per heavy atom. The number of quaternary nitrogens is 1. The van der Waals surface area contributed by atoms with Crippen LogP contribution in [0.5, 0.6) is 0 Å². The van der Waals surface area contributed by atoms with E-state index in [0.29, 0.717) is 17.4 Å². The van der Waals surface area contributed by atoms with Gasteiger partial charge in [-0.25, -0.2) is 0 Å². The maximum absolute atomic E-state index is 11.4. The number of halogens is 1. The smallest absolute Gasteiger partial charge is 0.306 e. The van der Waals surface area contributed by atoms with Gasteiger partial charge in [-0.2, -0.15) is 0 Å². The Balaban J connectivity index is 0. The van der Waals surface area contributed by atoms with Gasteiger partial charge in [0.25, 0.3) is 0 Å². The van der Waals surface area contributed by atoms with Crippen LogP contribution in [0.25, 0.3) is 0 Å². The Hall–Kier alpha value is -0.810. The van der Waals surface area contributed by atoms with Crippen LogP contribution in [0.15, 0.2) is 0 Å². The van der Waals surface area contributed by atoms with E-state index >= 15 is 0 Å². The van der Waals surface area contributed by atoms with Gasteiger partial charge in [-0.3, -0.25) is 4.79 Å². The van der Waals surface area contributed by atoms with Gasteiger partial charge in [0.15, 0.2) is 6.10 Å². The van der Waals surface area contributed by atoms with Crippen molar-refractivity contribution in [3.8, 4) is 0 Å². The van der Waals surface area contributed by atoms with Crippen molar-refractivity contribution >= 4 is 24.3 Å². The molecule has 0 bridgehead atoms. The van der Waals surface area contributed by atoms with Crippen LogP contribution < -0.4 is 5.11 Å². The lowest BCUT2D eigenvalue weighted by Gasteiger charge is -2.29. The minimum Gasteiger partial charge on any atom is -0.550 e. The van der Waals surface area contributed by atoms with Crippen molar-refractivity contribution in [2.45, 2.75) is 38.7 Å². The predicted octanol–water partition coefficient (Wildman–Crippen LogP) is 0.356. The van der Waals surface area contributed by atoms with Gasteiger partial charge in [0.05, 0.1) is 21.1 Å². The Morgan fingerprint density at radius 3 is 2.22 bits per heavy atom. The van der Waals surface area contributed by atoms with Crippen molar-refractivity contribution < 1.29 is 23.9 Å². The first-order chi connectivity index (χ1) is 7.74. The molecule has 108 valence electrons. The monoisotopic (exact) mass is 281 g/mol. The molecule has 5 nitrogen and oxygen atoms in total. The number of nitrogens with zero attached hydrogens (tertiary/aromatic N) is 1. The topological polar surface area (TPSA) is 66.4 Å². The molecule has 0 radical (unpaired) electrons. The summed E-state index contributed by atoms with van der Waals surface area (Å²) in [6, 6.07) is 0. The average Bonchev–Trinajstić information content (AvgIpc) is 2.10. The van der Waals surface area contributed by atoms with Gasteiger partial charge in [0.1, 0.15) is 6.54 Å². The van der Waals surface area contributed by atoms with Crippen LogP contribution in [0.3, 0.4) is 0 Å². The lowest BCUT2D eigenvalue weighted by atomic mass is 10.2. The van der Waals surface area contributed by atoms with Gasteiger partial charge in [-0.1, -0.05) is 13.3 Å². The van der Waals surface area contributed by atoms with E-state index in [9.17, 15) is 14.7 Å². The number of carboxylic acid groups (broad SMARTS) is 1. The molecule has 0 aromatic heterocycles. The van der Waals surface area contributed by atoms with E-state index in [4.69, 9.17) is 4.74 Å². The van der Waals surface area contributed by atoms with E-state index < -0.39 is 12.1 Å². The van der Waals surface area contributed by atoms with Crippen molar-refractivity contribution in [1.82, 2.24) is 0 Å². The highest BCUT2D eigenvalue weighted by molar-refractivity contribution is 5.85. The van der Waals surface area contributed by atoms with Crippen LogP contribution in [-0.4, -0.2) is 50.2 Å². The summed E-state index contributed by atoms with van der Waals surface area (Å²) in [5.74, 6) is -1.52. The van der Waals surface area contributed by atoms with Gasteiger partial charge in [-0.05, 0) is 6.42 Å². The molecule has 0 aliphatic carbocycles. The lowest BCUT2D eigenvalue weighted by Crippen LogP contribution is -2.45. The third-order valence-electron chi connectivity index (χ3n) is 2.18. The molecule has 0 fully saturated rings. The number of carbonyl (C=O) groups is 2. The summed E-state index contributed by atoms with van der Waals surface area (Å²) < 4.78 is 5.70. The Labute approximate surface area is 115 Å². The number of rotatable bonds is 8. The molecule has 0 spiro atoms. The summed E-state index contributed by atoms with van der Waals surface area (Å²) in [5, 5.41) is 10.6. The van der Waals surface area contributed by atoms with Crippen molar-refractivity contribution in [2.24, 2.45) is 0 Å². The molecule has 0 aromatic carbocycles. The normalized spacial score (nSPS) is 12.4. The lowest BCUT2D eigenvalue weighted by molar-refractivity contribution is -0.873. The number of aliphatic carboxylic acids is 1. The van der Waals surface area contributed by atoms with E-state index in [1.807, 2.05) is 28.1 Å². The summed E-state index contributed by atoms with van der Waals surface area (Å²) in [6.07, 6.45) is 1.17. The highest BCUT2D eigenvalue weighted by Gasteiger charge is 2.22. The van der Waals surface area contributed by atoms with Crippen molar-refractivity contribution in [1.29, 1.82) is 0 Å². The Kier molecular flexibility index (Phi) is 9.94. The van der Waals surface area contributed by atoms with E-state index in [0.717, 1.165) is 12.8 Å². The van der Waals surface area contributed by atoms with Crippen LogP contribution in [0, 0.1) is 0 Å². The summed E-state index contributed by atoms with van der Waals surface area (Å²) >= 11 is 0. The van der Waals surface area contributed by atoms with Gasteiger partial charge in [0, 0.05) is 18.8 Å². The number of esters is 1. The molecule has 0 aliphatic heterocycles. The maximum Gasteiger partial charge on any atom is 0.306 e. The van der Waals surface area contributed by atoms with Gasteiger partial charge in [0.2, 0.25) is 0 Å². The first-order valence-electron chi connectivity index (χ1n) is 5.94. The zero-order valence-corrected chi connectivity index (χ0v) is 12.4. The van der Waals surface area contributed by atoms with Crippen LogP contribution in [0.2, 0.25) is 0 Å². The fourth-order valence-electron chi connectivity index (χ4n) is 1.51. The van der Waals surface area contributed by atoms with Crippen molar-refractivity contribution in [3.05, 3.63) is 0 Å². The molecular weight excluding hydrogens is 258 g/mol. The molecule has 0 aliphatic rings. The van der Waals surface area contributed by atoms with E-state index in [2.05, 4.69) is 0 Å². The SMILES string of the molecule is CCCCC(=O)OC(CC(=O)[O-])C[N+](C)(C)C.Cl. The molecule has 0 rings (SSSR count). The van der Waals surface area contributed by atoms with E-state index in [-0.39, 0.29) is 24.8 Å². The third kappa shape index (κ3) is 11.7. The standard InChI is InChI=1S/C12H23NO4.ClH/c1-5-6-7-12(16)17-10(8-11(14)15)9-13(2,3)4;/h10H,5-9H2,1-4H3;1H. The fourth-order valence-corrected chi connectivity index (χ4v) is 1.51. The van der Waals surface area contributed by atoms with E-state index in [1.165, 1.54) is 0 Å². The molecule has 0 aromatic rings. The summed E-state index contributed by atoms with van der Waals surface area (Å²) in [6.45, 7) is 2.45. The van der Waals surface area contributed by atoms with Crippen molar-refractivity contribution in [2.75, 3.05) is 27.7 Å². The quantitative estimate of drug-likeness (QED) is 0.476. The number of hydrogen-bond acceptors (Lipinski definition) is 4. The number of likely N-dealkylation sites (N-methyl/N-ethyl adjacent to an activating group) is 1. The third-order valence-corrected chi connectivity index (χ3v) is 2.18. The number of unbranched alkanes of at least 4 members (excludes halogenated alkanes) is 1. The minimum absolute atomic E-state index is 0. The zero-order chi connectivity index (χ0) is 13.5. The highest BCUT2D eigenvalue weighted by Crippen LogP contribution is 2.07. The van der Waals surface area contributed by atoms with Gasteiger partial charge >= 0.3 is 5.97 Å². The van der Waals surface area contributed by atoms with Gasteiger partial charge in [-0.15, -0.1) is 12.4 Å². The molecule has 6 heteroatoms. The highest BCUT2D eigenvalue weighted by atomic mass is 35.5. The van der Waals surface area contributed by atoms with Gasteiger partial charge < -0.3 is 19.1 Å². The molecule has 0 saturated carbocycles. The first kappa shape index (κ1) is 19.5. The summed E-state index contributed by atoms with van der Waals surface area (Å²) in [7, 11) is 5.76. The van der Waals surface area contributed by atoms with Crippen LogP contribution >= 0.6 is 12.4 Å². The summed E-state index contributed by atoms with van der Waals surface area (Å²) in [5.41, 5.74) is 0. The number of carboxylic acids is 1. The predicted molar refractivity (Wildman–Crippen MR) is 69.2 cm³/mol. The molecule has 0 saturated heterocycles. The second kappa shape index (κ2) is 9.16. The Morgan fingerprint density at radius 1 is 1.28 bits per heavy atom. The zero-order valence-electron chi connectivity index (χ0n) is 11.6. The van der Waals surface area contributed by atoms with Crippen LogP contribution in [0.1, 0.15) is 32.6 Å². The molecule has 18 heavy (non-hydrogen) atoms. The Bertz CT molecular complexity index is 263.